The Kier molecular flexibility index (Phi) is 7.61. The molecular formula is C21H26ClN5O3S. The van der Waals surface area contributed by atoms with Crippen LogP contribution in [0.5, 0.6) is 0 Å². The van der Waals surface area contributed by atoms with Crippen molar-refractivity contribution in [2.45, 2.75) is 51.7 Å². The predicted octanol–water partition coefficient (Wildman–Crippen LogP) is 3.71. The van der Waals surface area contributed by atoms with Crippen LogP contribution in [0.2, 0.25) is 5.02 Å². The Morgan fingerprint density at radius 2 is 1.94 bits per heavy atom. The molecule has 3 rings (SSSR count). The Labute approximate surface area is 187 Å². The van der Waals surface area contributed by atoms with Gasteiger partial charge in [-0.2, -0.15) is 0 Å². The molecule has 0 fully saturated rings. The van der Waals surface area contributed by atoms with Gasteiger partial charge in [-0.05, 0) is 30.5 Å². The molecule has 31 heavy (non-hydrogen) atoms. The highest BCUT2D eigenvalue weighted by Gasteiger charge is 2.21. The summed E-state index contributed by atoms with van der Waals surface area (Å²) in [4.78, 5) is 36.8. The molecule has 0 aliphatic carbocycles. The number of carbonyl (C=O) groups is 1. The van der Waals surface area contributed by atoms with Gasteiger partial charge < -0.3 is 10.3 Å². The molecule has 0 spiro atoms. The van der Waals surface area contributed by atoms with Crippen LogP contribution in [0, 0.1) is 5.92 Å². The molecule has 3 aromatic rings. The number of fused-ring (bicyclic) bond motifs is 1. The molecule has 0 saturated carbocycles. The van der Waals surface area contributed by atoms with Gasteiger partial charge in [0.05, 0.1) is 17.3 Å². The Balaban J connectivity index is 2.09. The van der Waals surface area contributed by atoms with Crippen molar-refractivity contribution in [2.75, 3.05) is 11.1 Å². The van der Waals surface area contributed by atoms with Crippen molar-refractivity contribution in [1.82, 2.24) is 19.5 Å². The lowest BCUT2D eigenvalue weighted by atomic mass is 10.1. The molecule has 166 valence electrons. The summed E-state index contributed by atoms with van der Waals surface area (Å²) in [6.45, 7) is 6.00. The van der Waals surface area contributed by atoms with Gasteiger partial charge in [-0.1, -0.05) is 50.9 Å². The summed E-state index contributed by atoms with van der Waals surface area (Å²) < 4.78 is 14.1. The highest BCUT2D eigenvalue weighted by Crippen LogP contribution is 2.21. The largest absolute Gasteiger partial charge is 0.328 e. The minimum absolute atomic E-state index is 0.0941. The number of nitrogens with zero attached hydrogens (tertiary/aromatic N) is 3. The van der Waals surface area contributed by atoms with Gasteiger partial charge in [0, 0.05) is 16.7 Å². The van der Waals surface area contributed by atoms with Crippen molar-refractivity contribution >= 4 is 45.3 Å². The fourth-order valence-electron chi connectivity index (χ4n) is 3.20. The van der Waals surface area contributed by atoms with E-state index in [-0.39, 0.29) is 29.3 Å². The van der Waals surface area contributed by atoms with E-state index in [0.29, 0.717) is 28.4 Å². The van der Waals surface area contributed by atoms with Crippen LogP contribution in [0.25, 0.3) is 11.2 Å². The Morgan fingerprint density at radius 3 is 2.58 bits per heavy atom. The highest BCUT2D eigenvalue weighted by molar-refractivity contribution is 7.84. The number of halogens is 1. The summed E-state index contributed by atoms with van der Waals surface area (Å²) in [6.07, 6.45) is 2.28. The lowest BCUT2D eigenvalue weighted by Crippen LogP contribution is -2.22. The van der Waals surface area contributed by atoms with Crippen molar-refractivity contribution in [3.63, 3.8) is 0 Å². The second-order valence-corrected chi connectivity index (χ2v) is 9.33. The maximum absolute atomic E-state index is 12.7. The summed E-state index contributed by atoms with van der Waals surface area (Å²) in [7, 11) is -1.45. The van der Waals surface area contributed by atoms with E-state index in [9.17, 15) is 13.8 Å². The van der Waals surface area contributed by atoms with Crippen molar-refractivity contribution in [2.24, 2.45) is 5.92 Å². The van der Waals surface area contributed by atoms with Gasteiger partial charge in [0.1, 0.15) is 5.52 Å². The molecule has 0 bridgehead atoms. The average Bonchev–Trinajstić information content (AvgIpc) is 3.05. The Morgan fingerprint density at radius 1 is 1.23 bits per heavy atom. The number of rotatable bonds is 9. The fourth-order valence-corrected chi connectivity index (χ4v) is 4.26. The van der Waals surface area contributed by atoms with Gasteiger partial charge in [0.2, 0.25) is 11.1 Å². The van der Waals surface area contributed by atoms with Crippen LogP contribution in [0.15, 0.2) is 34.2 Å². The molecule has 2 atom stereocenters. The lowest BCUT2D eigenvalue weighted by Gasteiger charge is -2.12. The minimum atomic E-state index is -1.45. The van der Waals surface area contributed by atoms with Gasteiger partial charge in [0.25, 0.3) is 0 Å². The Bertz CT molecular complexity index is 1160. The number of H-pyrrole nitrogens is 1. The maximum Gasteiger partial charge on any atom is 0.328 e. The van der Waals surface area contributed by atoms with E-state index in [0.717, 1.165) is 18.4 Å². The van der Waals surface area contributed by atoms with Crippen LogP contribution in [-0.4, -0.2) is 35.4 Å². The highest BCUT2D eigenvalue weighted by atomic mass is 35.5. The molecule has 2 heterocycles. The smallest absolute Gasteiger partial charge is 0.309 e. The van der Waals surface area contributed by atoms with E-state index >= 15 is 0 Å². The molecule has 2 N–H and O–H groups in total. The van der Waals surface area contributed by atoms with E-state index in [1.807, 2.05) is 32.9 Å². The number of nitrogens with one attached hydrogen (secondary N) is 2. The van der Waals surface area contributed by atoms with Crippen molar-refractivity contribution < 1.29 is 9.00 Å². The molecule has 2 aromatic heterocycles. The number of hydrogen-bond donors (Lipinski definition) is 2. The first-order chi connectivity index (χ1) is 14.8. The number of aromatic amines is 1. The van der Waals surface area contributed by atoms with Gasteiger partial charge in [-0.15, -0.1) is 0 Å². The first-order valence-corrected chi connectivity index (χ1v) is 12.0. The molecule has 8 nitrogen and oxygen atoms in total. The summed E-state index contributed by atoms with van der Waals surface area (Å²) in [6, 6.07) is 7.13. The number of carbonyl (C=O) groups excluding carboxylic acids is 1. The lowest BCUT2D eigenvalue weighted by molar-refractivity contribution is -0.119. The number of imidazole rings is 1. The van der Waals surface area contributed by atoms with Crippen LogP contribution in [0.1, 0.15) is 45.6 Å². The van der Waals surface area contributed by atoms with E-state index < -0.39 is 16.5 Å². The number of aromatic nitrogens is 4. The zero-order chi connectivity index (χ0) is 22.5. The molecule has 10 heteroatoms. The minimum Gasteiger partial charge on any atom is -0.309 e. The monoisotopic (exact) mass is 463 g/mol. The molecular weight excluding hydrogens is 438 g/mol. The van der Waals surface area contributed by atoms with Crippen molar-refractivity contribution in [1.29, 1.82) is 0 Å². The summed E-state index contributed by atoms with van der Waals surface area (Å²) >= 11 is 5.95. The van der Waals surface area contributed by atoms with Gasteiger partial charge in [-0.3, -0.25) is 13.6 Å². The standard InChI is InChI=1S/C21H26ClN5O3S/c1-4-6-13(3)19(28)24-17-16-18(26-20(25-17)31(30)11-5-2)27(21(29)23-16)12-14-7-9-15(22)10-8-14/h7-10,13H,4-6,11-12H2,1-3H3,(H,23,29)(H,24,25,26,28). The zero-order valence-corrected chi connectivity index (χ0v) is 19.3. The summed E-state index contributed by atoms with van der Waals surface area (Å²) in [5.74, 6) is 0.129. The third kappa shape index (κ3) is 5.40. The summed E-state index contributed by atoms with van der Waals surface area (Å²) in [5, 5.41) is 3.49. The average molecular weight is 464 g/mol. The van der Waals surface area contributed by atoms with Crippen LogP contribution < -0.4 is 11.0 Å². The van der Waals surface area contributed by atoms with Crippen LogP contribution in [0.4, 0.5) is 5.82 Å². The first kappa shape index (κ1) is 23.1. The molecule has 1 amide bonds. The Hall–Kier alpha value is -2.52. The van der Waals surface area contributed by atoms with Crippen LogP contribution in [-0.2, 0) is 22.1 Å². The normalized spacial score (nSPS) is 13.3. The van der Waals surface area contributed by atoms with E-state index in [1.54, 1.807) is 12.1 Å². The predicted molar refractivity (Wildman–Crippen MR) is 123 cm³/mol. The molecule has 2 unspecified atom stereocenters. The quantitative estimate of drug-likeness (QED) is 0.470. The van der Waals surface area contributed by atoms with E-state index in [4.69, 9.17) is 11.6 Å². The van der Waals surface area contributed by atoms with Gasteiger partial charge in [-0.25, -0.2) is 14.8 Å². The topological polar surface area (TPSA) is 110 Å². The van der Waals surface area contributed by atoms with Gasteiger partial charge in [0.15, 0.2) is 11.5 Å². The number of amides is 1. The molecule has 0 radical (unpaired) electrons. The zero-order valence-electron chi connectivity index (χ0n) is 17.8. The second kappa shape index (κ2) is 10.2. The molecule has 0 aliphatic heterocycles. The molecule has 1 aromatic carbocycles. The van der Waals surface area contributed by atoms with E-state index in [2.05, 4.69) is 20.3 Å². The SMILES string of the molecule is CCCC(C)C(=O)Nc1nc(S(=O)CCC)nc2c1[nH]c(=O)n2Cc1ccc(Cl)cc1. The third-order valence-corrected chi connectivity index (χ3v) is 6.48. The van der Waals surface area contributed by atoms with Crippen molar-refractivity contribution in [3.8, 4) is 0 Å². The maximum atomic E-state index is 12.7. The number of hydrogen-bond acceptors (Lipinski definition) is 5. The van der Waals surface area contributed by atoms with Crippen LogP contribution >= 0.6 is 11.6 Å². The first-order valence-electron chi connectivity index (χ1n) is 10.3. The molecule has 0 aliphatic rings. The number of benzene rings is 1. The second-order valence-electron chi connectivity index (χ2n) is 7.42. The summed E-state index contributed by atoms with van der Waals surface area (Å²) in [5.41, 5.74) is 1.07. The number of anilines is 1. The third-order valence-electron chi connectivity index (χ3n) is 4.86. The van der Waals surface area contributed by atoms with Crippen LogP contribution in [0.3, 0.4) is 0 Å². The van der Waals surface area contributed by atoms with E-state index in [1.165, 1.54) is 4.57 Å². The van der Waals surface area contributed by atoms with Crippen molar-refractivity contribution in [3.05, 3.63) is 45.3 Å². The molecule has 0 saturated heterocycles. The fraction of sp³-hybridized carbons (Fsp3) is 0.429. The van der Waals surface area contributed by atoms with Gasteiger partial charge >= 0.3 is 5.69 Å².